The summed E-state index contributed by atoms with van der Waals surface area (Å²) in [5.74, 6) is -4.11. The van der Waals surface area contributed by atoms with Gasteiger partial charge in [-0.05, 0) is 53.4 Å². The van der Waals surface area contributed by atoms with Crippen LogP contribution in [-0.2, 0) is 55.0 Å². The molecule has 7 N–H and O–H groups in total. The Labute approximate surface area is 456 Å². The Bertz CT molecular complexity index is 3870. The van der Waals surface area contributed by atoms with Crippen LogP contribution in [0.5, 0.6) is 5.75 Å². The van der Waals surface area contributed by atoms with Crippen molar-refractivity contribution in [2.45, 2.75) is 60.4 Å². The van der Waals surface area contributed by atoms with Crippen LogP contribution in [0.25, 0.3) is 22.7 Å². The monoisotopic (exact) mass is 1100 g/mol. The van der Waals surface area contributed by atoms with Crippen molar-refractivity contribution in [1.29, 1.82) is 15.9 Å². The molecule has 4 heterocycles. The number of carbonyl (C=O) groups excluding carboxylic acids is 5. The van der Waals surface area contributed by atoms with E-state index < -0.39 is 54.7 Å². The molecule has 3 aromatic carbocycles. The summed E-state index contributed by atoms with van der Waals surface area (Å²) in [6.45, 7) is 11.9. The van der Waals surface area contributed by atoms with Crippen LogP contribution in [0.3, 0.4) is 0 Å². The molecule has 4 amide bonds. The van der Waals surface area contributed by atoms with Gasteiger partial charge in [-0.15, -0.1) is 30.7 Å². The van der Waals surface area contributed by atoms with Gasteiger partial charge in [-0.3, -0.25) is 24.6 Å². The number of nitrogens with zero attached hydrogens (tertiary/aromatic N) is 18. The summed E-state index contributed by atoms with van der Waals surface area (Å²) in [7, 11) is 1.34. The molecule has 0 saturated heterocycles. The lowest BCUT2D eigenvalue weighted by Crippen LogP contribution is -2.14. The average molecular weight is 1100 g/mol. The van der Waals surface area contributed by atoms with Crippen molar-refractivity contribution >= 4 is 99.3 Å². The van der Waals surface area contributed by atoms with Crippen LogP contribution < -0.4 is 26.0 Å². The van der Waals surface area contributed by atoms with E-state index in [1.54, 1.807) is 0 Å². The van der Waals surface area contributed by atoms with Crippen LogP contribution in [0.1, 0.15) is 67.5 Å². The van der Waals surface area contributed by atoms with E-state index in [9.17, 15) is 44.7 Å². The third-order valence-electron chi connectivity index (χ3n) is 10.9. The second kappa shape index (κ2) is 25.9. The zero-order valence-corrected chi connectivity index (χ0v) is 43.2. The molecule has 0 fully saturated rings. The maximum atomic E-state index is 12.3. The number of anilines is 4. The number of aldehydes is 1. The van der Waals surface area contributed by atoms with E-state index >= 15 is 0 Å². The van der Waals surface area contributed by atoms with Gasteiger partial charge in [-0.25, -0.2) is 4.85 Å². The van der Waals surface area contributed by atoms with Gasteiger partial charge < -0.3 is 45.7 Å². The summed E-state index contributed by atoms with van der Waals surface area (Å²) in [4.78, 5) is 77.9. The Morgan fingerprint density at radius 2 is 1.12 bits per heavy atom. The molecule has 0 radical (unpaired) electrons. The minimum Gasteiger partial charge on any atom is -0.494 e. The molecule has 32 heteroatoms. The van der Waals surface area contributed by atoms with Gasteiger partial charge in [-0.2, -0.15) is 54.8 Å². The summed E-state index contributed by atoms with van der Waals surface area (Å²) >= 11 is 0. The number of aromatic nitrogens is 9. The largest absolute Gasteiger partial charge is 0.494 e. The summed E-state index contributed by atoms with van der Waals surface area (Å²) in [6.07, 6.45) is 4.87. The number of ether oxygens (including phenoxy) is 2. The molecule has 4 aromatic heterocycles. The fourth-order valence-corrected chi connectivity index (χ4v) is 7.40. The normalized spacial score (nSPS) is 11.0. The molecule has 0 aliphatic rings. The topological polar surface area (TPSA) is 434 Å². The van der Waals surface area contributed by atoms with Gasteiger partial charge in [0, 0.05) is 51.4 Å². The van der Waals surface area contributed by atoms with Crippen LogP contribution in [0.2, 0.25) is 0 Å². The zero-order chi connectivity index (χ0) is 58.3. The second-order valence-corrected chi connectivity index (χ2v) is 16.5. The van der Waals surface area contributed by atoms with Gasteiger partial charge in [-0.1, -0.05) is 0 Å². The number of nitrogens with one attached hydrogen (secondary N) is 5. The van der Waals surface area contributed by atoms with Crippen LogP contribution >= 0.6 is 0 Å². The number of hydrogen-bond donors (Lipinski definition) is 7. The van der Waals surface area contributed by atoms with E-state index in [2.05, 4.69) is 87.0 Å². The van der Waals surface area contributed by atoms with Crippen LogP contribution in [0, 0.1) is 34.6 Å². The number of aliphatic hydroxyl groups excluding tert-OH is 2. The number of aryl methyl sites for hydroxylation is 1. The maximum Gasteiger partial charge on any atom is 0.259 e. The van der Waals surface area contributed by atoms with E-state index in [0.717, 1.165) is 32.6 Å². The number of hydrogen-bond acceptors (Lipinski definition) is 24. The van der Waals surface area contributed by atoms with Gasteiger partial charge in [0.2, 0.25) is 23.6 Å². The lowest BCUT2D eigenvalue weighted by Gasteiger charge is -2.13. The third-order valence-corrected chi connectivity index (χ3v) is 10.9. The molecular weight excluding hydrogens is 1050 g/mol. The minimum absolute atomic E-state index is 0.00469. The molecule has 81 heavy (non-hydrogen) atoms. The Morgan fingerprint density at radius 1 is 0.642 bits per heavy atom. The molecule has 0 atom stereocenters. The predicted molar refractivity (Wildman–Crippen MR) is 282 cm³/mol. The van der Waals surface area contributed by atoms with Crippen LogP contribution in [0.4, 0.5) is 63.0 Å². The molecule has 0 unspecified atom stereocenters. The Hall–Kier alpha value is -11.7. The Balaban J connectivity index is 1.48. The maximum absolute atomic E-state index is 12.3. The lowest BCUT2D eigenvalue weighted by molar-refractivity contribution is -0.115. The highest BCUT2D eigenvalue weighted by molar-refractivity contribution is 5.97. The number of amides is 4. The van der Waals surface area contributed by atoms with Crippen molar-refractivity contribution in [1.82, 2.24) is 44.3 Å². The second-order valence-electron chi connectivity index (χ2n) is 16.5. The van der Waals surface area contributed by atoms with Crippen molar-refractivity contribution < 1.29 is 43.7 Å². The SMILES string of the molecule is [C-]#[N+]c1cnn(-c2nc(-n3ncc(C#N)c3N=Nc3cc(NC(C)=O)c(CO)cc3CCC=O)nc(-n3ncc(C#N)c3N=Nc3cc(NC(C)=O)c(OC)cc3NC(C)=O)n2)c1N=Nc1cc(COC=N)c(CO)cc1NC(C)=O. The standard InChI is InChI=1S/C49H43N23O9/c1-25(76)57-35-13-36(29(8-7-9-73)10-31(35)22-75)64-67-44-33(16-50)18-54-70(44)47-61-48(71-45(34(17-51)19-55-71)68-66-40-14-41(60-28(4)79)43(80-6)15-38(40)59-27(3)78)63-49(62-47)72-46(42(53-5)20-56-72)69-65-39-12-32(23-81-24-52)30(21-74)11-37(39)58-26(2)77/h9-15,18-20,24,52,74-75H,7-8,21-23H2,1-4,6H3,(H,57,76)(H,58,77)(H,59,78)(H,60,79). The quantitative estimate of drug-likeness (QED) is 0.0117. The van der Waals surface area contributed by atoms with Crippen molar-refractivity contribution in [3.8, 4) is 35.7 Å². The van der Waals surface area contributed by atoms with Crippen molar-refractivity contribution in [3.63, 3.8) is 0 Å². The first kappa shape index (κ1) is 57.0. The van der Waals surface area contributed by atoms with Gasteiger partial charge >= 0.3 is 0 Å². The number of carbonyl (C=O) groups is 5. The highest BCUT2D eigenvalue weighted by atomic mass is 16.5. The minimum atomic E-state index is -0.511. The first-order chi connectivity index (χ1) is 39.1. The van der Waals surface area contributed by atoms with Gasteiger partial charge in [0.1, 0.15) is 53.3 Å². The summed E-state index contributed by atoms with van der Waals surface area (Å²) in [6, 6.07) is 12.5. The third kappa shape index (κ3) is 13.3. The summed E-state index contributed by atoms with van der Waals surface area (Å²) in [5, 5.41) is 98.0. The summed E-state index contributed by atoms with van der Waals surface area (Å²) < 4.78 is 13.5. The molecule has 0 bridgehead atoms. The molecular formula is C49H43N23O9. The van der Waals surface area contributed by atoms with Gasteiger partial charge in [0.25, 0.3) is 23.5 Å². The molecule has 0 aliphatic heterocycles. The van der Waals surface area contributed by atoms with E-state index in [1.165, 1.54) is 71.2 Å². The van der Waals surface area contributed by atoms with Crippen molar-refractivity contribution in [3.05, 3.63) is 99.8 Å². The van der Waals surface area contributed by atoms with Crippen LogP contribution in [0.15, 0.2) is 85.7 Å². The van der Waals surface area contributed by atoms with E-state index in [0.29, 0.717) is 34.9 Å². The number of aliphatic hydroxyl groups is 2. The highest BCUT2D eigenvalue weighted by Gasteiger charge is 2.25. The molecule has 7 aromatic rings. The first-order valence-electron chi connectivity index (χ1n) is 23.4. The van der Waals surface area contributed by atoms with Crippen molar-refractivity contribution in [2.75, 3.05) is 28.4 Å². The van der Waals surface area contributed by atoms with Gasteiger partial charge in [0.15, 0.2) is 23.9 Å². The molecule has 7 rings (SSSR count). The molecule has 0 aliphatic carbocycles. The molecule has 0 spiro atoms. The zero-order valence-electron chi connectivity index (χ0n) is 43.2. The number of rotatable bonds is 22. The predicted octanol–water partition coefficient (Wildman–Crippen LogP) is 7.05. The number of nitriles is 2. The fraction of sp³-hybridized carbons (Fsp3) is 0.204. The van der Waals surface area contributed by atoms with Crippen molar-refractivity contribution in [2.24, 2.45) is 30.7 Å². The molecule has 0 saturated carbocycles. The van der Waals surface area contributed by atoms with E-state index in [4.69, 9.17) is 21.5 Å². The van der Waals surface area contributed by atoms with E-state index in [-0.39, 0.29) is 99.3 Å². The number of azo groups is 3. The smallest absolute Gasteiger partial charge is 0.259 e. The van der Waals surface area contributed by atoms with Crippen LogP contribution in [-0.4, -0.2) is 97.9 Å². The Morgan fingerprint density at radius 3 is 1.63 bits per heavy atom. The number of methoxy groups -OCH3 is 1. The summed E-state index contributed by atoms with van der Waals surface area (Å²) in [5.41, 5.74) is 1.40. The molecule has 32 nitrogen and oxygen atoms in total. The lowest BCUT2D eigenvalue weighted by atomic mass is 10.0. The Kier molecular flexibility index (Phi) is 18.2. The first-order valence-corrected chi connectivity index (χ1v) is 23.4. The highest BCUT2D eigenvalue weighted by Crippen LogP contribution is 2.40. The average Bonchev–Trinajstić information content (AvgIpc) is 4.37. The van der Waals surface area contributed by atoms with E-state index in [1.807, 2.05) is 12.1 Å². The van der Waals surface area contributed by atoms with Gasteiger partial charge in [0.05, 0.1) is 68.2 Å². The number of benzene rings is 3. The fourth-order valence-electron chi connectivity index (χ4n) is 7.40. The molecule has 408 valence electrons.